The van der Waals surface area contributed by atoms with Crippen molar-refractivity contribution in [2.75, 3.05) is 6.61 Å². The lowest BCUT2D eigenvalue weighted by molar-refractivity contribution is -0.139. The molecule has 224 valence electrons. The quantitative estimate of drug-likeness (QED) is 0.127. The minimum atomic E-state index is -4.42. The first-order valence-electron chi connectivity index (χ1n) is 13.7. The third-order valence-electron chi connectivity index (χ3n) is 6.72. The minimum absolute atomic E-state index is 0.192. The molecule has 0 aliphatic carbocycles. The summed E-state index contributed by atoms with van der Waals surface area (Å²) in [7, 11) is 0. The van der Waals surface area contributed by atoms with Crippen molar-refractivity contribution < 1.29 is 37.0 Å². The highest BCUT2D eigenvalue weighted by Gasteiger charge is 2.30. The summed E-state index contributed by atoms with van der Waals surface area (Å²) < 4.78 is 50.0. The zero-order valence-corrected chi connectivity index (χ0v) is 23.6. The van der Waals surface area contributed by atoms with E-state index in [-0.39, 0.29) is 24.7 Å². The molecule has 0 radical (unpaired) electrons. The van der Waals surface area contributed by atoms with E-state index in [9.17, 15) is 27.9 Å². The summed E-state index contributed by atoms with van der Waals surface area (Å²) in [6.45, 7) is 3.85. The Balaban J connectivity index is 1.32. The Morgan fingerprint density at radius 1 is 1.02 bits per heavy atom. The number of aromatic nitrogens is 1. The fraction of sp³-hybridized carbons (Fsp3) is 0.242. The molecule has 0 amide bonds. The summed E-state index contributed by atoms with van der Waals surface area (Å²) in [6.07, 6.45) is -1.91. The molecule has 43 heavy (non-hydrogen) atoms. The maximum atomic E-state index is 12.8. The van der Waals surface area contributed by atoms with Crippen LogP contribution in [0.25, 0.3) is 11.5 Å². The monoisotopic (exact) mass is 592 g/mol. The van der Waals surface area contributed by atoms with E-state index in [2.05, 4.69) is 10.3 Å². The van der Waals surface area contributed by atoms with E-state index < -0.39 is 23.8 Å². The Labute approximate surface area is 247 Å². The molecule has 2 N–H and O–H groups in total. The number of rotatable bonds is 13. The van der Waals surface area contributed by atoms with Crippen molar-refractivity contribution in [2.45, 2.75) is 45.3 Å². The Hall–Kier alpha value is -4.86. The van der Waals surface area contributed by atoms with Crippen molar-refractivity contribution in [1.29, 1.82) is 0 Å². The fourth-order valence-corrected chi connectivity index (χ4v) is 4.32. The zero-order valence-electron chi connectivity index (χ0n) is 23.6. The van der Waals surface area contributed by atoms with Crippen LogP contribution in [-0.2, 0) is 23.8 Å². The number of aliphatic carboxylic acids is 1. The molecule has 1 atom stereocenters. The standard InChI is InChI=1S/C33H31F3N2O5/c1-3-26(20-30(39)23-7-5-4-6-8-23)37-29(32(40)41)19-22-9-15-27(16-10-22)42-18-17-28-21(2)43-31(38-28)24-11-13-25(14-12-24)33(34,35)36/h4-16,20,29,37H,3,17-19H2,1-2H3,(H,40,41)/t29-/m0/s1. The summed E-state index contributed by atoms with van der Waals surface area (Å²) in [5.74, 6) is 0.123. The average molecular weight is 593 g/mol. The van der Waals surface area contributed by atoms with Gasteiger partial charge >= 0.3 is 12.1 Å². The molecule has 7 nitrogen and oxygen atoms in total. The first-order valence-corrected chi connectivity index (χ1v) is 13.7. The summed E-state index contributed by atoms with van der Waals surface area (Å²) in [5.41, 5.74) is 2.16. The number of hydrogen-bond acceptors (Lipinski definition) is 6. The molecular weight excluding hydrogens is 561 g/mol. The second-order valence-electron chi connectivity index (χ2n) is 9.83. The highest BCUT2D eigenvalue weighted by Crippen LogP contribution is 2.31. The van der Waals surface area contributed by atoms with Crippen molar-refractivity contribution in [3.8, 4) is 17.2 Å². The number of nitrogens with one attached hydrogen (secondary N) is 1. The predicted octanol–water partition coefficient (Wildman–Crippen LogP) is 7.05. The van der Waals surface area contributed by atoms with Crippen molar-refractivity contribution in [2.24, 2.45) is 0 Å². The van der Waals surface area contributed by atoms with Crippen LogP contribution in [-0.4, -0.2) is 34.5 Å². The first kappa shape index (κ1) is 31.1. The van der Waals surface area contributed by atoms with Gasteiger partial charge in [0.05, 0.1) is 17.9 Å². The Morgan fingerprint density at radius 2 is 1.70 bits per heavy atom. The van der Waals surface area contributed by atoms with Crippen LogP contribution in [0.4, 0.5) is 13.2 Å². The number of benzene rings is 3. The van der Waals surface area contributed by atoms with Crippen LogP contribution in [0.3, 0.4) is 0 Å². The van der Waals surface area contributed by atoms with E-state index in [0.717, 1.165) is 17.7 Å². The number of carbonyl (C=O) groups is 2. The van der Waals surface area contributed by atoms with Crippen LogP contribution in [0.2, 0.25) is 0 Å². The smallest absolute Gasteiger partial charge is 0.416 e. The number of carboxylic acid groups (broad SMARTS) is 1. The molecule has 0 fully saturated rings. The SMILES string of the molecule is CCC(=CC(=O)c1ccccc1)N[C@@H](Cc1ccc(OCCc2nc(-c3ccc(C(F)(F)F)cc3)oc2C)cc1)C(=O)O. The van der Waals surface area contributed by atoms with Gasteiger partial charge in [0.15, 0.2) is 5.78 Å². The highest BCUT2D eigenvalue weighted by molar-refractivity contribution is 6.04. The van der Waals surface area contributed by atoms with Gasteiger partial charge in [-0.05, 0) is 55.3 Å². The van der Waals surface area contributed by atoms with Gasteiger partial charge in [0, 0.05) is 35.7 Å². The lowest BCUT2D eigenvalue weighted by atomic mass is 10.0. The van der Waals surface area contributed by atoms with Crippen LogP contribution < -0.4 is 10.1 Å². The number of oxazole rings is 1. The second-order valence-corrected chi connectivity index (χ2v) is 9.83. The summed E-state index contributed by atoms with van der Waals surface area (Å²) in [5, 5.41) is 12.8. The molecule has 0 bridgehead atoms. The van der Waals surface area contributed by atoms with Crippen molar-refractivity contribution in [1.82, 2.24) is 10.3 Å². The summed E-state index contributed by atoms with van der Waals surface area (Å²) in [4.78, 5) is 28.9. The van der Waals surface area contributed by atoms with Gasteiger partial charge in [0.25, 0.3) is 0 Å². The number of ether oxygens (including phenoxy) is 1. The Kier molecular flexibility index (Phi) is 10.0. The molecule has 4 rings (SSSR count). The molecule has 3 aromatic carbocycles. The second kappa shape index (κ2) is 13.9. The maximum absolute atomic E-state index is 12.8. The van der Waals surface area contributed by atoms with E-state index in [4.69, 9.17) is 9.15 Å². The molecule has 0 aliphatic heterocycles. The van der Waals surface area contributed by atoms with Gasteiger partial charge < -0.3 is 19.6 Å². The highest BCUT2D eigenvalue weighted by atomic mass is 19.4. The summed E-state index contributed by atoms with van der Waals surface area (Å²) in [6, 6.07) is 19.5. The molecule has 0 unspecified atom stereocenters. The average Bonchev–Trinajstić information content (AvgIpc) is 3.37. The van der Waals surface area contributed by atoms with Crippen LogP contribution in [0.15, 0.2) is 95.1 Å². The normalized spacial score (nSPS) is 12.5. The van der Waals surface area contributed by atoms with E-state index in [1.165, 1.54) is 18.2 Å². The van der Waals surface area contributed by atoms with Gasteiger partial charge in [-0.15, -0.1) is 0 Å². The van der Waals surface area contributed by atoms with E-state index >= 15 is 0 Å². The number of carboxylic acids is 1. The zero-order chi connectivity index (χ0) is 31.0. The number of nitrogens with zero attached hydrogens (tertiary/aromatic N) is 1. The van der Waals surface area contributed by atoms with Crippen LogP contribution >= 0.6 is 0 Å². The molecule has 10 heteroatoms. The van der Waals surface area contributed by atoms with Crippen LogP contribution in [0, 0.1) is 6.92 Å². The molecule has 0 saturated heterocycles. The fourth-order valence-electron chi connectivity index (χ4n) is 4.32. The van der Waals surface area contributed by atoms with Gasteiger partial charge in [0.1, 0.15) is 17.6 Å². The van der Waals surface area contributed by atoms with Gasteiger partial charge in [-0.1, -0.05) is 49.4 Å². The van der Waals surface area contributed by atoms with Gasteiger partial charge in [-0.3, -0.25) is 4.79 Å². The Bertz CT molecular complexity index is 1560. The third kappa shape index (κ3) is 8.57. The number of aryl methyl sites for hydroxylation is 1. The molecule has 0 aliphatic rings. The molecule has 1 heterocycles. The van der Waals surface area contributed by atoms with Gasteiger partial charge in [-0.2, -0.15) is 13.2 Å². The molecule has 4 aromatic rings. The number of alkyl halides is 3. The summed E-state index contributed by atoms with van der Waals surface area (Å²) >= 11 is 0. The largest absolute Gasteiger partial charge is 0.493 e. The molecule has 1 aromatic heterocycles. The lowest BCUT2D eigenvalue weighted by Crippen LogP contribution is -2.38. The van der Waals surface area contributed by atoms with E-state index in [1.54, 1.807) is 55.5 Å². The number of halogens is 3. The third-order valence-corrected chi connectivity index (χ3v) is 6.72. The minimum Gasteiger partial charge on any atom is -0.493 e. The van der Waals surface area contributed by atoms with Gasteiger partial charge in [-0.25, -0.2) is 9.78 Å². The predicted molar refractivity (Wildman–Crippen MR) is 155 cm³/mol. The van der Waals surface area contributed by atoms with Crippen molar-refractivity contribution in [3.63, 3.8) is 0 Å². The number of carbonyl (C=O) groups excluding carboxylic acids is 1. The topological polar surface area (TPSA) is 102 Å². The van der Waals surface area contributed by atoms with Crippen LogP contribution in [0.5, 0.6) is 5.75 Å². The van der Waals surface area contributed by atoms with Crippen LogP contribution in [0.1, 0.15) is 46.3 Å². The Morgan fingerprint density at radius 3 is 2.30 bits per heavy atom. The van der Waals surface area contributed by atoms with Crippen molar-refractivity contribution in [3.05, 3.63) is 119 Å². The maximum Gasteiger partial charge on any atom is 0.416 e. The van der Waals surface area contributed by atoms with Gasteiger partial charge in [0.2, 0.25) is 5.89 Å². The molecule has 0 spiro atoms. The van der Waals surface area contributed by atoms with E-state index in [1.807, 2.05) is 13.0 Å². The van der Waals surface area contributed by atoms with Crippen molar-refractivity contribution >= 4 is 11.8 Å². The molecular formula is C33H31F3N2O5. The number of ketones is 1. The molecule has 0 saturated carbocycles. The van der Waals surface area contributed by atoms with E-state index in [0.29, 0.717) is 46.9 Å². The number of hydrogen-bond donors (Lipinski definition) is 2. The number of allylic oxidation sites excluding steroid dienone is 2. The first-order chi connectivity index (χ1) is 20.5. The lowest BCUT2D eigenvalue weighted by Gasteiger charge is -2.18.